The molecule has 0 aliphatic heterocycles. The van der Waals surface area contributed by atoms with E-state index in [1.54, 1.807) is 23.0 Å². The number of fused-ring (bicyclic) bond motifs is 3. The van der Waals surface area contributed by atoms with E-state index in [0.29, 0.717) is 28.1 Å². The van der Waals surface area contributed by atoms with E-state index >= 15 is 0 Å². The smallest absolute Gasteiger partial charge is 0.146 e. The van der Waals surface area contributed by atoms with Crippen LogP contribution < -0.4 is 0 Å². The van der Waals surface area contributed by atoms with E-state index in [1.165, 1.54) is 6.08 Å². The summed E-state index contributed by atoms with van der Waals surface area (Å²) in [5, 5.41) is 30.4. The summed E-state index contributed by atoms with van der Waals surface area (Å²) in [5.41, 5.74) is 2.64. The van der Waals surface area contributed by atoms with Crippen molar-refractivity contribution in [1.82, 2.24) is 14.5 Å². The number of aromatic nitrogens is 3. The van der Waals surface area contributed by atoms with Crippen LogP contribution in [0.2, 0.25) is 0 Å². The van der Waals surface area contributed by atoms with Gasteiger partial charge in [-0.15, -0.1) is 0 Å². The molecule has 0 fully saturated rings. The second-order valence-electron chi connectivity index (χ2n) is 5.67. The Kier molecular flexibility index (Phi) is 3.55. The molecule has 4 rings (SSSR count). The van der Waals surface area contributed by atoms with Crippen molar-refractivity contribution in [2.24, 2.45) is 0 Å². The average molecular weight is 334 g/mol. The molecule has 0 amide bonds. The first kappa shape index (κ1) is 15.3. The standard InChI is InChI=1S/C20H10N6/c21-10-13-5-6-14(11-22)18(15(9-13)12-23)26-19-16(3-1-7-24-19)17-4-2-8-25-20(17)26/h1-5,7-9H,6H2. The monoisotopic (exact) mass is 334 g/mol. The minimum absolute atomic E-state index is 0.238. The summed E-state index contributed by atoms with van der Waals surface area (Å²) < 4.78 is 1.74. The normalized spacial score (nSPS) is 14.2. The molecule has 1 aliphatic rings. The number of nitriles is 3. The minimum atomic E-state index is 0.238. The highest BCUT2D eigenvalue weighted by atomic mass is 15.1. The van der Waals surface area contributed by atoms with Crippen molar-refractivity contribution in [2.75, 3.05) is 0 Å². The Morgan fingerprint density at radius 2 is 1.54 bits per heavy atom. The number of hydrogen-bond acceptors (Lipinski definition) is 5. The van der Waals surface area contributed by atoms with Crippen LogP contribution in [0.3, 0.4) is 0 Å². The van der Waals surface area contributed by atoms with E-state index in [-0.39, 0.29) is 12.0 Å². The van der Waals surface area contributed by atoms with Gasteiger partial charge in [0, 0.05) is 35.2 Å². The van der Waals surface area contributed by atoms with Crippen molar-refractivity contribution < 1.29 is 0 Å². The molecule has 3 heterocycles. The van der Waals surface area contributed by atoms with Crippen LogP contribution in [0.4, 0.5) is 0 Å². The van der Waals surface area contributed by atoms with E-state index < -0.39 is 0 Å². The van der Waals surface area contributed by atoms with Crippen molar-refractivity contribution in [1.29, 1.82) is 15.8 Å². The summed E-state index contributed by atoms with van der Waals surface area (Å²) >= 11 is 0. The van der Waals surface area contributed by atoms with Gasteiger partial charge in [0.1, 0.15) is 17.4 Å². The largest absolute Gasteiger partial charge is 0.276 e. The molecule has 0 radical (unpaired) electrons. The molecule has 6 heteroatoms. The van der Waals surface area contributed by atoms with Gasteiger partial charge in [0.05, 0.1) is 29.0 Å². The molecule has 0 saturated carbocycles. The number of rotatable bonds is 1. The van der Waals surface area contributed by atoms with Crippen LogP contribution >= 0.6 is 0 Å². The Hall–Kier alpha value is -4.21. The Labute approximate surface area is 148 Å². The molecule has 6 nitrogen and oxygen atoms in total. The summed E-state index contributed by atoms with van der Waals surface area (Å²) in [4.78, 5) is 8.92. The summed E-state index contributed by atoms with van der Waals surface area (Å²) in [6.45, 7) is 0. The molecule has 3 aromatic heterocycles. The highest BCUT2D eigenvalue weighted by Gasteiger charge is 2.23. The molecule has 1 aliphatic carbocycles. The minimum Gasteiger partial charge on any atom is -0.276 e. The summed E-state index contributed by atoms with van der Waals surface area (Å²) in [6, 6.07) is 13.9. The first-order chi connectivity index (χ1) is 12.8. The number of hydrogen-bond donors (Lipinski definition) is 0. The van der Waals surface area contributed by atoms with Crippen LogP contribution in [-0.4, -0.2) is 14.5 Å². The van der Waals surface area contributed by atoms with Gasteiger partial charge in [-0.1, -0.05) is 6.08 Å². The van der Waals surface area contributed by atoms with Crippen molar-refractivity contribution in [3.8, 4) is 18.2 Å². The fourth-order valence-electron chi connectivity index (χ4n) is 3.15. The van der Waals surface area contributed by atoms with Gasteiger partial charge in [-0.25, -0.2) is 9.97 Å². The number of nitrogens with zero attached hydrogens (tertiary/aromatic N) is 6. The van der Waals surface area contributed by atoms with Gasteiger partial charge in [-0.05, 0) is 30.3 Å². The van der Waals surface area contributed by atoms with Crippen LogP contribution in [0.5, 0.6) is 0 Å². The lowest BCUT2D eigenvalue weighted by molar-refractivity contribution is 1.11. The zero-order valence-electron chi connectivity index (χ0n) is 13.5. The Bertz CT molecular complexity index is 1230. The molecule has 0 saturated heterocycles. The second kappa shape index (κ2) is 6.02. The molecular formula is C20H10N6. The average Bonchev–Trinajstić information content (AvgIpc) is 2.90. The topological polar surface area (TPSA) is 102 Å². The zero-order valence-corrected chi connectivity index (χ0v) is 13.5. The summed E-state index contributed by atoms with van der Waals surface area (Å²) in [6.07, 6.45) is 6.74. The van der Waals surface area contributed by atoms with Gasteiger partial charge >= 0.3 is 0 Å². The SMILES string of the molecule is N#CC1=CCC(C#N)=C(n2c3ncccc3c3cccnc32)C(C#N)=C1. The van der Waals surface area contributed by atoms with E-state index in [1.807, 2.05) is 24.3 Å². The predicted molar refractivity (Wildman–Crippen MR) is 95.9 cm³/mol. The lowest BCUT2D eigenvalue weighted by Gasteiger charge is -2.11. The molecular weight excluding hydrogens is 324 g/mol. The van der Waals surface area contributed by atoms with Gasteiger partial charge in [0.2, 0.25) is 0 Å². The molecule has 0 unspecified atom stereocenters. The maximum Gasteiger partial charge on any atom is 0.146 e. The van der Waals surface area contributed by atoms with Crippen molar-refractivity contribution in [2.45, 2.75) is 6.42 Å². The first-order valence-corrected chi connectivity index (χ1v) is 7.84. The van der Waals surface area contributed by atoms with Crippen LogP contribution in [-0.2, 0) is 0 Å². The van der Waals surface area contributed by atoms with Gasteiger partial charge in [0.15, 0.2) is 0 Å². The fraction of sp³-hybridized carbons (Fsp3) is 0.0500. The maximum absolute atomic E-state index is 9.70. The summed E-state index contributed by atoms with van der Waals surface area (Å²) in [5.74, 6) is 0. The summed E-state index contributed by atoms with van der Waals surface area (Å²) in [7, 11) is 0. The Balaban J connectivity index is 2.18. The maximum atomic E-state index is 9.70. The number of pyridine rings is 2. The van der Waals surface area contributed by atoms with E-state index in [9.17, 15) is 15.8 Å². The molecule has 26 heavy (non-hydrogen) atoms. The highest BCUT2D eigenvalue weighted by molar-refractivity contribution is 6.08. The lowest BCUT2D eigenvalue weighted by atomic mass is 10.1. The van der Waals surface area contributed by atoms with Gasteiger partial charge in [-0.2, -0.15) is 15.8 Å². The Morgan fingerprint density at radius 1 is 0.885 bits per heavy atom. The predicted octanol–water partition coefficient (Wildman–Crippen LogP) is 3.62. The molecule has 0 bridgehead atoms. The third-order valence-corrected chi connectivity index (χ3v) is 4.26. The zero-order chi connectivity index (χ0) is 18.1. The third kappa shape index (κ3) is 2.17. The van der Waals surface area contributed by atoms with Crippen molar-refractivity contribution >= 4 is 27.8 Å². The quantitative estimate of drug-likeness (QED) is 0.676. The van der Waals surface area contributed by atoms with Gasteiger partial charge in [-0.3, -0.25) is 4.57 Å². The fourth-order valence-corrected chi connectivity index (χ4v) is 3.15. The van der Waals surface area contributed by atoms with E-state index in [4.69, 9.17) is 0 Å². The molecule has 0 spiro atoms. The molecule has 0 N–H and O–H groups in total. The van der Waals surface area contributed by atoms with Crippen LogP contribution in [0.1, 0.15) is 6.42 Å². The van der Waals surface area contributed by atoms with Crippen molar-refractivity contribution in [3.05, 3.63) is 65.5 Å². The second-order valence-corrected chi connectivity index (χ2v) is 5.67. The van der Waals surface area contributed by atoms with Crippen LogP contribution in [0.15, 0.2) is 65.5 Å². The first-order valence-electron chi connectivity index (χ1n) is 7.84. The molecule has 120 valence electrons. The molecule has 0 aromatic carbocycles. The highest BCUT2D eigenvalue weighted by Crippen LogP contribution is 2.35. The van der Waals surface area contributed by atoms with Crippen LogP contribution in [0, 0.1) is 34.0 Å². The van der Waals surface area contributed by atoms with E-state index in [2.05, 4.69) is 28.2 Å². The molecule has 3 aromatic rings. The van der Waals surface area contributed by atoms with Gasteiger partial charge in [0.25, 0.3) is 0 Å². The molecule has 0 atom stereocenters. The number of allylic oxidation sites excluding steroid dienone is 6. The van der Waals surface area contributed by atoms with Crippen molar-refractivity contribution in [3.63, 3.8) is 0 Å². The van der Waals surface area contributed by atoms with Crippen LogP contribution in [0.25, 0.3) is 27.8 Å². The lowest BCUT2D eigenvalue weighted by Crippen LogP contribution is -2.04. The van der Waals surface area contributed by atoms with E-state index in [0.717, 1.165) is 10.8 Å². The Morgan fingerprint density at radius 3 is 2.08 bits per heavy atom. The third-order valence-electron chi connectivity index (χ3n) is 4.26. The van der Waals surface area contributed by atoms with Gasteiger partial charge < -0.3 is 0 Å².